The predicted molar refractivity (Wildman–Crippen MR) is 129 cm³/mol. The van der Waals surface area contributed by atoms with E-state index in [0.717, 1.165) is 11.1 Å². The lowest BCUT2D eigenvalue weighted by molar-refractivity contribution is -0.120. The van der Waals surface area contributed by atoms with Crippen molar-refractivity contribution in [1.29, 1.82) is 0 Å². The molecule has 0 aromatic heterocycles. The number of halogens is 1. The summed E-state index contributed by atoms with van der Waals surface area (Å²) in [7, 11) is -3.98. The van der Waals surface area contributed by atoms with Crippen LogP contribution < -0.4 is 5.32 Å². The van der Waals surface area contributed by atoms with Crippen LogP contribution >= 0.6 is 11.6 Å². The number of ether oxygens (including phenoxy) is 1. The highest BCUT2D eigenvalue weighted by Gasteiger charge is 2.39. The van der Waals surface area contributed by atoms with Crippen LogP contribution in [0.2, 0.25) is 5.02 Å². The summed E-state index contributed by atoms with van der Waals surface area (Å²) < 4.78 is 33.2. The van der Waals surface area contributed by atoms with Crippen molar-refractivity contribution in [3.05, 3.63) is 94.5 Å². The smallest absolute Gasteiger partial charge is 0.338 e. The summed E-state index contributed by atoms with van der Waals surface area (Å²) in [6.07, 6.45) is 0.232. The quantitative estimate of drug-likeness (QED) is 0.512. The Morgan fingerprint density at radius 1 is 1.00 bits per heavy atom. The number of anilines is 1. The van der Waals surface area contributed by atoms with Crippen LogP contribution in [-0.4, -0.2) is 37.2 Å². The topological polar surface area (TPSA) is 92.8 Å². The van der Waals surface area contributed by atoms with Crippen molar-refractivity contribution in [1.82, 2.24) is 4.31 Å². The third-order valence-electron chi connectivity index (χ3n) is 5.59. The van der Waals surface area contributed by atoms with E-state index in [9.17, 15) is 18.0 Å². The number of rotatable bonds is 6. The summed E-state index contributed by atoms with van der Waals surface area (Å²) in [5, 5.41) is 3.20. The lowest BCUT2D eigenvalue weighted by atomic mass is 9.95. The molecule has 0 saturated carbocycles. The highest BCUT2D eigenvalue weighted by atomic mass is 35.5. The van der Waals surface area contributed by atoms with Gasteiger partial charge in [-0.3, -0.25) is 4.79 Å². The van der Waals surface area contributed by atoms with Crippen LogP contribution in [0.5, 0.6) is 0 Å². The van der Waals surface area contributed by atoms with Gasteiger partial charge < -0.3 is 10.1 Å². The van der Waals surface area contributed by atoms with Gasteiger partial charge in [0.15, 0.2) is 0 Å². The van der Waals surface area contributed by atoms with Crippen molar-refractivity contribution >= 4 is 39.2 Å². The summed E-state index contributed by atoms with van der Waals surface area (Å²) in [5.74, 6) is -0.916. The molecular formula is C25H23ClN2O5S. The first-order valence-electron chi connectivity index (χ1n) is 10.7. The second-order valence-electron chi connectivity index (χ2n) is 7.78. The Kier molecular flexibility index (Phi) is 7.02. The number of sulfonamides is 1. The molecule has 0 bridgehead atoms. The molecule has 0 radical (unpaired) electrons. The summed E-state index contributed by atoms with van der Waals surface area (Å²) in [5.41, 5.74) is 2.57. The first kappa shape index (κ1) is 23.9. The molecule has 9 heteroatoms. The molecule has 176 valence electrons. The number of hydrogen-bond donors (Lipinski definition) is 1. The first-order chi connectivity index (χ1) is 16.3. The molecule has 0 aliphatic carbocycles. The van der Waals surface area contributed by atoms with Crippen molar-refractivity contribution in [2.24, 2.45) is 0 Å². The van der Waals surface area contributed by atoms with Gasteiger partial charge >= 0.3 is 5.97 Å². The second kappa shape index (κ2) is 9.97. The molecule has 1 aliphatic heterocycles. The van der Waals surface area contributed by atoms with Crippen LogP contribution in [-0.2, 0) is 32.5 Å². The van der Waals surface area contributed by atoms with E-state index in [1.165, 1.54) is 28.6 Å². The van der Waals surface area contributed by atoms with Gasteiger partial charge in [0, 0.05) is 17.3 Å². The van der Waals surface area contributed by atoms with Crippen molar-refractivity contribution < 1.29 is 22.7 Å². The number of nitrogens with zero attached hydrogens (tertiary/aromatic N) is 1. The third-order valence-corrected chi connectivity index (χ3v) is 7.71. The number of esters is 1. The molecule has 3 aromatic carbocycles. The number of benzene rings is 3. The first-order valence-corrected chi connectivity index (χ1v) is 12.5. The molecule has 3 aromatic rings. The molecule has 0 fully saturated rings. The number of nitrogens with one attached hydrogen (secondary N) is 1. The normalized spacial score (nSPS) is 15.9. The van der Waals surface area contributed by atoms with Crippen LogP contribution in [0.1, 0.15) is 28.4 Å². The Balaban J connectivity index is 1.62. The molecule has 0 spiro atoms. The number of hydrogen-bond acceptors (Lipinski definition) is 5. The van der Waals surface area contributed by atoms with Gasteiger partial charge in [0.25, 0.3) is 0 Å². The fourth-order valence-electron chi connectivity index (χ4n) is 3.85. The molecule has 1 aliphatic rings. The average Bonchev–Trinajstić information content (AvgIpc) is 2.84. The van der Waals surface area contributed by atoms with Crippen LogP contribution in [0.3, 0.4) is 0 Å². The second-order valence-corrected chi connectivity index (χ2v) is 10.1. The fraction of sp³-hybridized carbons (Fsp3) is 0.200. The maximum absolute atomic E-state index is 13.5. The van der Waals surface area contributed by atoms with E-state index in [1.807, 2.05) is 24.3 Å². The van der Waals surface area contributed by atoms with Crippen molar-refractivity contribution in [3.63, 3.8) is 0 Å². The van der Waals surface area contributed by atoms with Gasteiger partial charge in [-0.15, -0.1) is 0 Å². The molecule has 1 heterocycles. The summed E-state index contributed by atoms with van der Waals surface area (Å²) >= 11 is 5.93. The van der Waals surface area contributed by atoms with Gasteiger partial charge in [-0.25, -0.2) is 13.2 Å². The molecule has 1 atom stereocenters. The van der Waals surface area contributed by atoms with Crippen molar-refractivity contribution in [2.75, 3.05) is 11.9 Å². The minimum Gasteiger partial charge on any atom is -0.462 e. The predicted octanol–water partition coefficient (Wildman–Crippen LogP) is 4.27. The minimum atomic E-state index is -3.98. The third kappa shape index (κ3) is 4.99. The van der Waals surface area contributed by atoms with Crippen molar-refractivity contribution in [3.8, 4) is 0 Å². The number of carbonyl (C=O) groups excluding carboxylic acids is 2. The molecule has 4 rings (SSSR count). The molecule has 0 saturated heterocycles. The Bertz CT molecular complexity index is 1310. The molecule has 0 unspecified atom stereocenters. The average molecular weight is 499 g/mol. The number of fused-ring (bicyclic) bond motifs is 1. The molecule has 1 amide bonds. The van der Waals surface area contributed by atoms with E-state index < -0.39 is 27.9 Å². The number of amides is 1. The van der Waals surface area contributed by atoms with Gasteiger partial charge in [-0.05, 0) is 73.0 Å². The Hall–Kier alpha value is -3.20. The lowest BCUT2D eigenvalue weighted by Gasteiger charge is -2.35. The van der Waals surface area contributed by atoms with Crippen molar-refractivity contribution in [2.45, 2.75) is 30.8 Å². The lowest BCUT2D eigenvalue weighted by Crippen LogP contribution is -2.50. The van der Waals surface area contributed by atoms with Gasteiger partial charge in [0.1, 0.15) is 6.04 Å². The summed E-state index contributed by atoms with van der Waals surface area (Å²) in [6.45, 7) is 2.05. The monoisotopic (exact) mass is 498 g/mol. The van der Waals surface area contributed by atoms with E-state index in [-0.39, 0.29) is 24.5 Å². The minimum absolute atomic E-state index is 0.0628. The maximum Gasteiger partial charge on any atom is 0.338 e. The molecular weight excluding hydrogens is 476 g/mol. The zero-order valence-electron chi connectivity index (χ0n) is 18.4. The molecule has 7 nitrogen and oxygen atoms in total. The SMILES string of the molecule is CCOC(=O)c1ccc(NC(=O)[C@H]2Cc3ccccc3CN2S(=O)(=O)c2ccc(Cl)cc2)cc1. The Morgan fingerprint density at radius 3 is 2.29 bits per heavy atom. The van der Waals surface area contributed by atoms with Gasteiger partial charge in [-0.1, -0.05) is 35.9 Å². The van der Waals surface area contributed by atoms with E-state index in [4.69, 9.17) is 16.3 Å². The largest absolute Gasteiger partial charge is 0.462 e. The molecule has 1 N–H and O–H groups in total. The van der Waals surface area contributed by atoms with Gasteiger partial charge in [0.2, 0.25) is 15.9 Å². The number of carbonyl (C=O) groups is 2. The Morgan fingerprint density at radius 2 is 1.65 bits per heavy atom. The Labute approximate surface area is 203 Å². The zero-order valence-corrected chi connectivity index (χ0v) is 20.0. The van der Waals surface area contributed by atoms with Gasteiger partial charge in [0.05, 0.1) is 17.1 Å². The van der Waals surface area contributed by atoms with Crippen LogP contribution in [0, 0.1) is 0 Å². The van der Waals surface area contributed by atoms with E-state index in [2.05, 4.69) is 5.32 Å². The standard InChI is InChI=1S/C25H23ClN2O5S/c1-2-33-25(30)17-7-11-21(12-8-17)27-24(29)23-15-18-5-3-4-6-19(18)16-28(23)34(31,32)22-13-9-20(26)10-14-22/h3-14,23H,2,15-16H2,1H3,(H,27,29)/t23-/m1/s1. The molecule has 34 heavy (non-hydrogen) atoms. The maximum atomic E-state index is 13.5. The highest BCUT2D eigenvalue weighted by Crippen LogP contribution is 2.30. The summed E-state index contributed by atoms with van der Waals surface area (Å²) in [6, 6.07) is 18.7. The van der Waals surface area contributed by atoms with Gasteiger partial charge in [-0.2, -0.15) is 4.31 Å². The summed E-state index contributed by atoms with van der Waals surface area (Å²) in [4.78, 5) is 25.2. The van der Waals surface area contributed by atoms with E-state index >= 15 is 0 Å². The van der Waals surface area contributed by atoms with E-state index in [1.54, 1.807) is 31.2 Å². The van der Waals surface area contributed by atoms with E-state index in [0.29, 0.717) is 16.3 Å². The fourth-order valence-corrected chi connectivity index (χ4v) is 5.54. The van der Waals surface area contributed by atoms with Crippen LogP contribution in [0.4, 0.5) is 5.69 Å². The van der Waals surface area contributed by atoms with Crippen LogP contribution in [0.15, 0.2) is 77.7 Å². The van der Waals surface area contributed by atoms with Crippen LogP contribution in [0.25, 0.3) is 0 Å². The highest BCUT2D eigenvalue weighted by molar-refractivity contribution is 7.89. The zero-order chi connectivity index (χ0) is 24.3.